The molecule has 3 nitrogen and oxygen atoms in total. The Morgan fingerprint density at radius 2 is 1.50 bits per heavy atom. The number of benzene rings is 2. The lowest BCUT2D eigenvalue weighted by Crippen LogP contribution is -1.96. The second-order valence-electron chi connectivity index (χ2n) is 3.99. The molecule has 18 heavy (non-hydrogen) atoms. The molecular weight excluding hydrogens is 248 g/mol. The third kappa shape index (κ3) is 3.31. The Bertz CT molecular complexity index is 512. The Labute approximate surface area is 113 Å². The van der Waals surface area contributed by atoms with E-state index >= 15 is 0 Å². The molecule has 0 atom stereocenters. The van der Waals surface area contributed by atoms with Crippen LogP contribution in [0.4, 0.5) is 11.4 Å². The summed E-state index contributed by atoms with van der Waals surface area (Å²) >= 11 is 0. The Morgan fingerprint density at radius 3 is 2.06 bits per heavy atom. The van der Waals surface area contributed by atoms with E-state index < -0.39 is 0 Å². The van der Waals surface area contributed by atoms with Crippen LogP contribution in [0.1, 0.15) is 11.1 Å². The molecule has 0 radical (unpaired) electrons. The maximum Gasteiger partial charge on any atom is 0.118 e. The molecule has 0 aromatic heterocycles. The van der Waals surface area contributed by atoms with Gasteiger partial charge >= 0.3 is 0 Å². The van der Waals surface area contributed by atoms with Gasteiger partial charge in [-0.15, -0.1) is 12.4 Å². The zero-order chi connectivity index (χ0) is 12.3. The number of methoxy groups -OCH3 is 1. The lowest BCUT2D eigenvalue weighted by molar-refractivity contribution is 0.414. The molecule has 0 amide bonds. The minimum absolute atomic E-state index is 0. The lowest BCUT2D eigenvalue weighted by Gasteiger charge is -2.06. The van der Waals surface area contributed by atoms with E-state index in [1.165, 1.54) is 5.56 Å². The van der Waals surface area contributed by atoms with Gasteiger partial charge in [-0.2, -0.15) is 0 Å². The summed E-state index contributed by atoms with van der Waals surface area (Å²) in [6.45, 7) is 0. The van der Waals surface area contributed by atoms with Crippen LogP contribution in [0.25, 0.3) is 0 Å². The van der Waals surface area contributed by atoms with Gasteiger partial charge in [0.2, 0.25) is 0 Å². The Morgan fingerprint density at radius 1 is 0.889 bits per heavy atom. The highest BCUT2D eigenvalue weighted by Crippen LogP contribution is 2.19. The molecule has 2 rings (SSSR count). The van der Waals surface area contributed by atoms with Gasteiger partial charge in [0, 0.05) is 0 Å². The standard InChI is InChI=1S/C14H16N2O.ClH/c1-17-12-5-2-10(3-6-12)8-11-4-7-13(15)14(16)9-11;/h2-7,9H,8,15-16H2,1H3;1H. The highest BCUT2D eigenvalue weighted by molar-refractivity contribution is 5.85. The predicted octanol–water partition coefficient (Wildman–Crippen LogP) is 2.87. The quantitative estimate of drug-likeness (QED) is 0.838. The van der Waals surface area contributed by atoms with E-state index in [0.29, 0.717) is 11.4 Å². The molecule has 0 saturated heterocycles. The predicted molar refractivity (Wildman–Crippen MR) is 78.3 cm³/mol. The summed E-state index contributed by atoms with van der Waals surface area (Å²) in [6.07, 6.45) is 0.842. The van der Waals surface area contributed by atoms with Gasteiger partial charge in [0.25, 0.3) is 0 Å². The Balaban J connectivity index is 0.00000162. The number of hydrogen-bond donors (Lipinski definition) is 2. The van der Waals surface area contributed by atoms with Gasteiger partial charge in [-0.25, -0.2) is 0 Å². The van der Waals surface area contributed by atoms with Crippen LogP contribution in [-0.2, 0) is 6.42 Å². The Hall–Kier alpha value is -1.87. The molecule has 2 aromatic carbocycles. The fourth-order valence-electron chi connectivity index (χ4n) is 1.71. The molecule has 96 valence electrons. The fourth-order valence-corrected chi connectivity index (χ4v) is 1.71. The van der Waals surface area contributed by atoms with Crippen molar-refractivity contribution in [2.24, 2.45) is 0 Å². The van der Waals surface area contributed by atoms with Crippen LogP contribution in [0.3, 0.4) is 0 Å². The maximum atomic E-state index is 5.77. The number of ether oxygens (including phenoxy) is 1. The van der Waals surface area contributed by atoms with Crippen LogP contribution in [0, 0.1) is 0 Å². The molecular formula is C14H17ClN2O. The van der Waals surface area contributed by atoms with Crippen molar-refractivity contribution in [2.45, 2.75) is 6.42 Å². The van der Waals surface area contributed by atoms with Crippen molar-refractivity contribution in [1.82, 2.24) is 0 Å². The number of rotatable bonds is 3. The second kappa shape index (κ2) is 6.17. The summed E-state index contributed by atoms with van der Waals surface area (Å²) in [5.74, 6) is 0.866. The summed E-state index contributed by atoms with van der Waals surface area (Å²) < 4.78 is 5.12. The minimum Gasteiger partial charge on any atom is -0.497 e. The molecule has 4 N–H and O–H groups in total. The van der Waals surface area contributed by atoms with E-state index in [-0.39, 0.29) is 12.4 Å². The van der Waals surface area contributed by atoms with Crippen LogP contribution >= 0.6 is 12.4 Å². The highest BCUT2D eigenvalue weighted by atomic mass is 35.5. The molecule has 4 heteroatoms. The van der Waals surface area contributed by atoms with Gasteiger partial charge in [0.15, 0.2) is 0 Å². The minimum atomic E-state index is 0. The fraction of sp³-hybridized carbons (Fsp3) is 0.143. The van der Waals surface area contributed by atoms with E-state index in [1.54, 1.807) is 7.11 Å². The number of halogens is 1. The average molecular weight is 265 g/mol. The molecule has 0 heterocycles. The van der Waals surface area contributed by atoms with Gasteiger partial charge in [-0.1, -0.05) is 18.2 Å². The first-order valence-electron chi connectivity index (χ1n) is 5.46. The number of nitrogen functional groups attached to an aromatic ring is 2. The van der Waals surface area contributed by atoms with Crippen molar-refractivity contribution >= 4 is 23.8 Å². The smallest absolute Gasteiger partial charge is 0.118 e. The van der Waals surface area contributed by atoms with Gasteiger partial charge < -0.3 is 16.2 Å². The zero-order valence-corrected chi connectivity index (χ0v) is 11.0. The molecule has 0 spiro atoms. The monoisotopic (exact) mass is 264 g/mol. The van der Waals surface area contributed by atoms with Crippen LogP contribution in [0.5, 0.6) is 5.75 Å². The summed E-state index contributed by atoms with van der Waals surface area (Å²) in [5, 5.41) is 0. The van der Waals surface area contributed by atoms with Gasteiger partial charge in [-0.05, 0) is 41.8 Å². The molecule has 2 aromatic rings. The van der Waals surface area contributed by atoms with Gasteiger partial charge in [-0.3, -0.25) is 0 Å². The largest absolute Gasteiger partial charge is 0.497 e. The third-order valence-electron chi connectivity index (χ3n) is 2.72. The topological polar surface area (TPSA) is 61.3 Å². The van der Waals surface area contributed by atoms with E-state index in [1.807, 2.05) is 42.5 Å². The first kappa shape index (κ1) is 14.2. The summed E-state index contributed by atoms with van der Waals surface area (Å²) in [6, 6.07) is 13.8. The van der Waals surface area contributed by atoms with Crippen molar-refractivity contribution in [1.29, 1.82) is 0 Å². The van der Waals surface area contributed by atoms with E-state index in [0.717, 1.165) is 17.7 Å². The average Bonchev–Trinajstić information content (AvgIpc) is 2.35. The molecule has 0 aliphatic rings. The van der Waals surface area contributed by atoms with Crippen molar-refractivity contribution in [3.63, 3.8) is 0 Å². The number of nitrogens with two attached hydrogens (primary N) is 2. The second-order valence-corrected chi connectivity index (χ2v) is 3.99. The number of anilines is 2. The molecule has 0 aliphatic carbocycles. The summed E-state index contributed by atoms with van der Waals surface area (Å²) in [5.41, 5.74) is 15.1. The van der Waals surface area contributed by atoms with Crippen LogP contribution in [0.15, 0.2) is 42.5 Å². The van der Waals surface area contributed by atoms with Crippen molar-refractivity contribution < 1.29 is 4.74 Å². The zero-order valence-electron chi connectivity index (χ0n) is 10.2. The van der Waals surface area contributed by atoms with Crippen LogP contribution < -0.4 is 16.2 Å². The van der Waals surface area contributed by atoms with Crippen LogP contribution in [-0.4, -0.2) is 7.11 Å². The summed E-state index contributed by atoms with van der Waals surface area (Å²) in [4.78, 5) is 0. The molecule has 0 fully saturated rings. The normalized spacial score (nSPS) is 9.61. The van der Waals surface area contributed by atoms with Gasteiger partial charge in [0.05, 0.1) is 18.5 Å². The van der Waals surface area contributed by atoms with E-state index in [2.05, 4.69) is 0 Å². The van der Waals surface area contributed by atoms with E-state index in [4.69, 9.17) is 16.2 Å². The van der Waals surface area contributed by atoms with Crippen molar-refractivity contribution in [3.8, 4) is 5.75 Å². The maximum absolute atomic E-state index is 5.77. The molecule has 0 aliphatic heterocycles. The molecule has 0 bridgehead atoms. The molecule has 0 saturated carbocycles. The SMILES string of the molecule is COc1ccc(Cc2ccc(N)c(N)c2)cc1.Cl. The lowest BCUT2D eigenvalue weighted by atomic mass is 10.0. The van der Waals surface area contributed by atoms with Crippen molar-refractivity contribution in [3.05, 3.63) is 53.6 Å². The molecule has 0 unspecified atom stereocenters. The first-order valence-corrected chi connectivity index (χ1v) is 5.46. The Kier molecular flexibility index (Phi) is 4.86. The highest BCUT2D eigenvalue weighted by Gasteiger charge is 2.00. The first-order chi connectivity index (χ1) is 8.19. The van der Waals surface area contributed by atoms with E-state index in [9.17, 15) is 0 Å². The van der Waals surface area contributed by atoms with Crippen LogP contribution in [0.2, 0.25) is 0 Å². The van der Waals surface area contributed by atoms with Gasteiger partial charge in [0.1, 0.15) is 5.75 Å². The third-order valence-corrected chi connectivity index (χ3v) is 2.72. The number of hydrogen-bond acceptors (Lipinski definition) is 3. The van der Waals surface area contributed by atoms with Crippen molar-refractivity contribution in [2.75, 3.05) is 18.6 Å². The summed E-state index contributed by atoms with van der Waals surface area (Å²) in [7, 11) is 1.66.